The van der Waals surface area contributed by atoms with Gasteiger partial charge in [-0.3, -0.25) is 14.4 Å². The quantitative estimate of drug-likeness (QED) is 0.226. The molecule has 3 N–H and O–H groups in total. The zero-order chi connectivity index (χ0) is 24.9. The summed E-state index contributed by atoms with van der Waals surface area (Å²) in [7, 11) is 0. The number of rotatable bonds is 11. The summed E-state index contributed by atoms with van der Waals surface area (Å²) in [6, 6.07) is 25.9. The van der Waals surface area contributed by atoms with Gasteiger partial charge in [-0.15, -0.1) is 0 Å². The normalized spacial score (nSPS) is 11.5. The summed E-state index contributed by atoms with van der Waals surface area (Å²) in [6.07, 6.45) is 1.14. The third-order valence-electron chi connectivity index (χ3n) is 4.98. The van der Waals surface area contributed by atoms with Crippen LogP contribution in [0.1, 0.15) is 36.1 Å². The van der Waals surface area contributed by atoms with Gasteiger partial charge >= 0.3 is 0 Å². The van der Waals surface area contributed by atoms with Gasteiger partial charge in [-0.1, -0.05) is 60.7 Å². The van der Waals surface area contributed by atoms with Crippen molar-refractivity contribution in [3.8, 4) is 5.75 Å². The number of hydrogen-bond donors (Lipinski definition) is 3. The van der Waals surface area contributed by atoms with E-state index in [0.717, 1.165) is 11.1 Å². The second-order valence-electron chi connectivity index (χ2n) is 7.79. The summed E-state index contributed by atoms with van der Waals surface area (Å²) in [6.45, 7) is 2.17. The van der Waals surface area contributed by atoms with Crippen LogP contribution in [-0.2, 0) is 20.9 Å². The van der Waals surface area contributed by atoms with Gasteiger partial charge in [-0.05, 0) is 47.9 Å². The Kier molecular flexibility index (Phi) is 9.56. The predicted molar refractivity (Wildman–Crippen MR) is 134 cm³/mol. The van der Waals surface area contributed by atoms with E-state index in [-0.39, 0.29) is 30.9 Å². The summed E-state index contributed by atoms with van der Waals surface area (Å²) in [5.74, 6) is -0.584. The first-order valence-corrected chi connectivity index (χ1v) is 11.2. The molecular formula is C27H28N4O4. The van der Waals surface area contributed by atoms with Crippen molar-refractivity contribution in [1.29, 1.82) is 0 Å². The van der Waals surface area contributed by atoms with Gasteiger partial charge in [0, 0.05) is 6.54 Å². The molecule has 1 unspecified atom stereocenters. The van der Waals surface area contributed by atoms with E-state index >= 15 is 0 Å². The number of carbonyl (C=O) groups is 3. The molecule has 0 spiro atoms. The van der Waals surface area contributed by atoms with Gasteiger partial charge in [0.1, 0.15) is 12.2 Å². The molecule has 3 rings (SSSR count). The smallest absolute Gasteiger partial charge is 0.258 e. The molecule has 0 fully saturated rings. The van der Waals surface area contributed by atoms with Crippen LogP contribution < -0.4 is 20.8 Å². The minimum atomic E-state index is -0.512. The maximum Gasteiger partial charge on any atom is 0.258 e. The molecule has 0 saturated carbocycles. The third kappa shape index (κ3) is 9.13. The maximum absolute atomic E-state index is 12.1. The molecule has 0 aromatic heterocycles. The zero-order valence-corrected chi connectivity index (χ0v) is 19.4. The Balaban J connectivity index is 1.35. The lowest BCUT2D eigenvalue weighted by molar-refractivity contribution is -0.129. The van der Waals surface area contributed by atoms with Crippen molar-refractivity contribution in [3.63, 3.8) is 0 Å². The number of hydrazone groups is 1. The molecule has 3 aromatic rings. The lowest BCUT2D eigenvalue weighted by Crippen LogP contribution is -2.31. The number of carbonyl (C=O) groups excluding carboxylic acids is 3. The van der Waals surface area contributed by atoms with Crippen LogP contribution >= 0.6 is 0 Å². The van der Waals surface area contributed by atoms with Crippen molar-refractivity contribution in [2.75, 3.05) is 6.61 Å². The molecule has 0 bridgehead atoms. The molecule has 0 aliphatic heterocycles. The molecule has 0 heterocycles. The number of benzene rings is 3. The fourth-order valence-electron chi connectivity index (χ4n) is 3.13. The number of amides is 3. The van der Waals surface area contributed by atoms with Crippen LogP contribution in [0.4, 0.5) is 0 Å². The third-order valence-corrected chi connectivity index (χ3v) is 4.98. The van der Waals surface area contributed by atoms with E-state index in [4.69, 9.17) is 4.74 Å². The Labute approximate surface area is 204 Å². The Morgan fingerprint density at radius 3 is 2.20 bits per heavy atom. The molecule has 8 nitrogen and oxygen atoms in total. The lowest BCUT2D eigenvalue weighted by atomic mass is 10.1. The number of ether oxygens (including phenoxy) is 1. The van der Waals surface area contributed by atoms with Crippen molar-refractivity contribution in [2.24, 2.45) is 5.10 Å². The van der Waals surface area contributed by atoms with Crippen LogP contribution in [0.5, 0.6) is 5.75 Å². The highest BCUT2D eigenvalue weighted by molar-refractivity contribution is 5.97. The molecule has 35 heavy (non-hydrogen) atoms. The average Bonchev–Trinajstić information content (AvgIpc) is 2.88. The Hall–Kier alpha value is -4.46. The number of nitrogens with one attached hydrogen (secondary N) is 3. The van der Waals surface area contributed by atoms with Gasteiger partial charge < -0.3 is 15.4 Å². The average molecular weight is 473 g/mol. The van der Waals surface area contributed by atoms with Gasteiger partial charge in [-0.25, -0.2) is 5.43 Å². The summed E-state index contributed by atoms with van der Waals surface area (Å²) in [4.78, 5) is 35.9. The molecule has 3 amide bonds. The van der Waals surface area contributed by atoms with Crippen LogP contribution in [0.15, 0.2) is 90.0 Å². The van der Waals surface area contributed by atoms with Crippen LogP contribution in [0.3, 0.4) is 0 Å². The van der Waals surface area contributed by atoms with Crippen LogP contribution in [0.25, 0.3) is 0 Å². The SMILES string of the molecule is CC(NC(=O)COc1ccc(/C=N\NC(=O)CC(=O)NCc2ccccc2)cc1)c1ccccc1. The first-order chi connectivity index (χ1) is 17.0. The standard InChI is InChI=1S/C27H28N4O4/c1-20(23-10-6-3-7-11-23)30-27(34)19-35-24-14-12-22(13-15-24)18-29-31-26(33)16-25(32)28-17-21-8-4-2-5-9-21/h2-15,18,20H,16-17,19H2,1H3,(H,28,32)(H,30,34)(H,31,33)/b29-18-. The fraction of sp³-hybridized carbons (Fsp3) is 0.185. The van der Waals surface area contributed by atoms with Crippen molar-refractivity contribution < 1.29 is 19.1 Å². The molecule has 0 saturated heterocycles. The van der Waals surface area contributed by atoms with E-state index in [9.17, 15) is 14.4 Å². The van der Waals surface area contributed by atoms with Crippen LogP contribution in [-0.4, -0.2) is 30.5 Å². The van der Waals surface area contributed by atoms with Crippen LogP contribution in [0, 0.1) is 0 Å². The first-order valence-electron chi connectivity index (χ1n) is 11.2. The Morgan fingerprint density at radius 1 is 0.857 bits per heavy atom. The summed E-state index contributed by atoms with van der Waals surface area (Å²) in [5, 5.41) is 9.45. The predicted octanol–water partition coefficient (Wildman–Crippen LogP) is 3.10. The van der Waals surface area contributed by atoms with Crippen molar-refractivity contribution >= 4 is 23.9 Å². The summed E-state index contributed by atoms with van der Waals surface area (Å²) >= 11 is 0. The highest BCUT2D eigenvalue weighted by Crippen LogP contribution is 2.13. The van der Waals surface area contributed by atoms with E-state index in [0.29, 0.717) is 17.9 Å². The van der Waals surface area contributed by atoms with Crippen LogP contribution in [0.2, 0.25) is 0 Å². The van der Waals surface area contributed by atoms with Gasteiger partial charge in [0.15, 0.2) is 6.61 Å². The molecular weight excluding hydrogens is 444 g/mol. The van der Waals surface area contributed by atoms with Gasteiger partial charge in [0.05, 0.1) is 12.3 Å². The van der Waals surface area contributed by atoms with Gasteiger partial charge in [-0.2, -0.15) is 5.10 Å². The highest BCUT2D eigenvalue weighted by atomic mass is 16.5. The van der Waals surface area contributed by atoms with Crippen molar-refractivity contribution in [3.05, 3.63) is 102 Å². The highest BCUT2D eigenvalue weighted by Gasteiger charge is 2.10. The second kappa shape index (κ2) is 13.3. The van der Waals surface area contributed by atoms with E-state index in [1.807, 2.05) is 67.6 Å². The lowest BCUT2D eigenvalue weighted by Gasteiger charge is -2.14. The number of nitrogens with zero attached hydrogens (tertiary/aromatic N) is 1. The van der Waals surface area contributed by atoms with Gasteiger partial charge in [0.2, 0.25) is 11.8 Å². The van der Waals surface area contributed by atoms with E-state index in [2.05, 4.69) is 21.2 Å². The second-order valence-corrected chi connectivity index (χ2v) is 7.79. The van der Waals surface area contributed by atoms with Crippen molar-refractivity contribution in [2.45, 2.75) is 25.9 Å². The zero-order valence-electron chi connectivity index (χ0n) is 19.4. The molecule has 8 heteroatoms. The minimum absolute atomic E-state index is 0.104. The monoisotopic (exact) mass is 472 g/mol. The first kappa shape index (κ1) is 25.2. The Morgan fingerprint density at radius 2 is 1.51 bits per heavy atom. The molecule has 0 aliphatic rings. The minimum Gasteiger partial charge on any atom is -0.484 e. The van der Waals surface area contributed by atoms with Gasteiger partial charge in [0.25, 0.3) is 5.91 Å². The molecule has 0 aliphatic carbocycles. The Bertz CT molecular complexity index is 1130. The molecule has 3 aromatic carbocycles. The maximum atomic E-state index is 12.1. The van der Waals surface area contributed by atoms with Crippen molar-refractivity contribution in [1.82, 2.24) is 16.1 Å². The van der Waals surface area contributed by atoms with E-state index in [1.165, 1.54) is 6.21 Å². The van der Waals surface area contributed by atoms with E-state index < -0.39 is 5.91 Å². The topological polar surface area (TPSA) is 109 Å². The fourth-order valence-corrected chi connectivity index (χ4v) is 3.13. The van der Waals surface area contributed by atoms with E-state index in [1.54, 1.807) is 24.3 Å². The molecule has 180 valence electrons. The molecule has 0 radical (unpaired) electrons. The molecule has 1 atom stereocenters. The number of hydrogen-bond acceptors (Lipinski definition) is 5. The summed E-state index contributed by atoms with van der Waals surface area (Å²) < 4.78 is 5.53. The summed E-state index contributed by atoms with van der Waals surface area (Å²) in [5.41, 5.74) is 5.02. The largest absolute Gasteiger partial charge is 0.484 e.